The van der Waals surface area contributed by atoms with Gasteiger partial charge in [0, 0.05) is 12.5 Å². The SMILES string of the molecule is CCCc1nnsc1C(=O)NCc1nn(CCOC)c(=O)c2ccccc12. The Kier molecular flexibility index (Phi) is 6.25. The van der Waals surface area contributed by atoms with Gasteiger partial charge in [0.05, 0.1) is 36.5 Å². The van der Waals surface area contributed by atoms with E-state index in [0.29, 0.717) is 41.2 Å². The average Bonchev–Trinajstić information content (AvgIpc) is 3.15. The second-order valence-corrected chi connectivity index (χ2v) is 6.75. The number of amides is 1. The van der Waals surface area contributed by atoms with Crippen LogP contribution in [0.1, 0.15) is 34.4 Å². The molecule has 2 aromatic heterocycles. The van der Waals surface area contributed by atoms with Gasteiger partial charge in [0.25, 0.3) is 11.5 Å². The zero-order chi connectivity index (χ0) is 19.2. The Hall–Kier alpha value is -2.65. The third kappa shape index (κ3) is 4.20. The maximum atomic E-state index is 12.6. The molecule has 0 radical (unpaired) electrons. The molecule has 0 atom stereocenters. The lowest BCUT2D eigenvalue weighted by Gasteiger charge is -2.11. The van der Waals surface area contributed by atoms with Gasteiger partial charge in [-0.25, -0.2) is 4.68 Å². The molecule has 0 fully saturated rings. The number of nitrogens with zero attached hydrogens (tertiary/aromatic N) is 4. The molecule has 142 valence electrons. The molecule has 3 rings (SSSR count). The summed E-state index contributed by atoms with van der Waals surface area (Å²) in [5.41, 5.74) is 1.17. The molecule has 3 aromatic rings. The van der Waals surface area contributed by atoms with Gasteiger partial charge in [-0.05, 0) is 24.0 Å². The highest BCUT2D eigenvalue weighted by atomic mass is 32.1. The fourth-order valence-corrected chi connectivity index (χ4v) is 3.42. The molecule has 0 aliphatic rings. The number of aromatic nitrogens is 4. The summed E-state index contributed by atoms with van der Waals surface area (Å²) in [6, 6.07) is 7.26. The largest absolute Gasteiger partial charge is 0.383 e. The Morgan fingerprint density at radius 3 is 2.78 bits per heavy atom. The van der Waals surface area contributed by atoms with Gasteiger partial charge in [0.1, 0.15) is 4.88 Å². The van der Waals surface area contributed by atoms with Crippen molar-refractivity contribution in [2.45, 2.75) is 32.9 Å². The van der Waals surface area contributed by atoms with Crippen LogP contribution in [0.3, 0.4) is 0 Å². The normalized spacial score (nSPS) is 11.0. The van der Waals surface area contributed by atoms with Crippen LogP contribution in [0, 0.1) is 0 Å². The average molecular weight is 387 g/mol. The number of hydrogen-bond acceptors (Lipinski definition) is 7. The highest BCUT2D eigenvalue weighted by molar-refractivity contribution is 7.08. The van der Waals surface area contributed by atoms with Gasteiger partial charge < -0.3 is 10.1 Å². The molecule has 0 spiro atoms. The minimum Gasteiger partial charge on any atom is -0.383 e. The molecule has 27 heavy (non-hydrogen) atoms. The van der Waals surface area contributed by atoms with Crippen LogP contribution in [0.4, 0.5) is 0 Å². The van der Waals surface area contributed by atoms with Crippen molar-refractivity contribution in [1.29, 1.82) is 0 Å². The summed E-state index contributed by atoms with van der Waals surface area (Å²) in [7, 11) is 1.57. The molecule has 1 N–H and O–H groups in total. The lowest BCUT2D eigenvalue weighted by atomic mass is 10.1. The van der Waals surface area contributed by atoms with E-state index in [0.717, 1.165) is 23.3 Å². The zero-order valence-corrected chi connectivity index (χ0v) is 16.1. The van der Waals surface area contributed by atoms with Crippen molar-refractivity contribution in [3.05, 3.63) is 50.9 Å². The van der Waals surface area contributed by atoms with Crippen molar-refractivity contribution >= 4 is 28.2 Å². The van der Waals surface area contributed by atoms with Gasteiger partial charge in [-0.15, -0.1) is 5.10 Å². The number of methoxy groups -OCH3 is 1. The Bertz CT molecular complexity index is 998. The molecule has 0 aliphatic heterocycles. The van der Waals surface area contributed by atoms with Crippen LogP contribution in [0.2, 0.25) is 0 Å². The maximum absolute atomic E-state index is 12.6. The van der Waals surface area contributed by atoms with Crippen LogP contribution in [0.5, 0.6) is 0 Å². The molecule has 0 unspecified atom stereocenters. The highest BCUT2D eigenvalue weighted by Crippen LogP contribution is 2.15. The summed E-state index contributed by atoms with van der Waals surface area (Å²) >= 11 is 1.09. The Morgan fingerprint density at radius 2 is 2.04 bits per heavy atom. The lowest BCUT2D eigenvalue weighted by molar-refractivity contribution is 0.0953. The molecule has 0 aliphatic carbocycles. The molecular formula is C18H21N5O3S. The van der Waals surface area contributed by atoms with Crippen molar-refractivity contribution < 1.29 is 9.53 Å². The van der Waals surface area contributed by atoms with E-state index in [1.54, 1.807) is 13.2 Å². The highest BCUT2D eigenvalue weighted by Gasteiger charge is 2.17. The van der Waals surface area contributed by atoms with E-state index in [-0.39, 0.29) is 18.0 Å². The molecule has 0 saturated carbocycles. The van der Waals surface area contributed by atoms with E-state index in [1.165, 1.54) is 4.68 Å². The molecule has 9 heteroatoms. The summed E-state index contributed by atoms with van der Waals surface area (Å²) in [4.78, 5) is 25.6. The van der Waals surface area contributed by atoms with E-state index in [4.69, 9.17) is 4.74 Å². The van der Waals surface area contributed by atoms with E-state index < -0.39 is 0 Å². The molecule has 1 amide bonds. The van der Waals surface area contributed by atoms with Crippen molar-refractivity contribution in [2.75, 3.05) is 13.7 Å². The summed E-state index contributed by atoms with van der Waals surface area (Å²) in [5.74, 6) is -0.228. The van der Waals surface area contributed by atoms with Crippen LogP contribution < -0.4 is 10.9 Å². The van der Waals surface area contributed by atoms with Gasteiger partial charge in [0.2, 0.25) is 0 Å². The van der Waals surface area contributed by atoms with E-state index in [9.17, 15) is 9.59 Å². The first kappa shape index (κ1) is 19.1. The van der Waals surface area contributed by atoms with E-state index in [1.807, 2.05) is 25.1 Å². The Labute approximate surface area is 160 Å². The number of rotatable bonds is 8. The van der Waals surface area contributed by atoms with Gasteiger partial charge in [-0.3, -0.25) is 9.59 Å². The van der Waals surface area contributed by atoms with Crippen molar-refractivity contribution in [1.82, 2.24) is 24.7 Å². The predicted molar refractivity (Wildman–Crippen MR) is 103 cm³/mol. The van der Waals surface area contributed by atoms with E-state index in [2.05, 4.69) is 20.0 Å². The minimum absolute atomic E-state index is 0.172. The van der Waals surface area contributed by atoms with Crippen molar-refractivity contribution in [3.63, 3.8) is 0 Å². The van der Waals surface area contributed by atoms with Gasteiger partial charge in [-0.2, -0.15) is 5.10 Å². The molecule has 2 heterocycles. The molecule has 1 aromatic carbocycles. The topological polar surface area (TPSA) is 99.0 Å². The standard InChI is InChI=1S/C18H21N5O3S/c1-3-6-14-16(27-22-20-14)17(24)19-11-15-12-7-4-5-8-13(12)18(25)23(21-15)9-10-26-2/h4-5,7-8H,3,6,9-11H2,1-2H3,(H,19,24). The Balaban J connectivity index is 1.87. The molecule has 0 bridgehead atoms. The van der Waals surface area contributed by atoms with Gasteiger partial charge in [-0.1, -0.05) is 36.0 Å². The smallest absolute Gasteiger partial charge is 0.274 e. The van der Waals surface area contributed by atoms with Crippen LogP contribution in [-0.4, -0.2) is 39.0 Å². The monoisotopic (exact) mass is 387 g/mol. The number of aryl methyl sites for hydroxylation is 1. The fraction of sp³-hybridized carbons (Fsp3) is 0.389. The Morgan fingerprint density at radius 1 is 1.26 bits per heavy atom. The third-order valence-electron chi connectivity index (χ3n) is 4.12. The second kappa shape index (κ2) is 8.83. The summed E-state index contributed by atoms with van der Waals surface area (Å²) in [5, 5.41) is 12.6. The number of fused-ring (bicyclic) bond motifs is 1. The van der Waals surface area contributed by atoms with Crippen LogP contribution >= 0.6 is 11.5 Å². The number of carbonyl (C=O) groups excluding carboxylic acids is 1. The lowest BCUT2D eigenvalue weighted by Crippen LogP contribution is -2.29. The third-order valence-corrected chi connectivity index (χ3v) is 4.88. The number of ether oxygens (including phenoxy) is 1. The number of nitrogens with one attached hydrogen (secondary N) is 1. The maximum Gasteiger partial charge on any atom is 0.274 e. The predicted octanol–water partition coefficient (Wildman–Crippen LogP) is 1.78. The van der Waals surface area contributed by atoms with Crippen LogP contribution in [0.25, 0.3) is 10.8 Å². The quantitative estimate of drug-likeness (QED) is 0.632. The molecule has 0 saturated heterocycles. The molecular weight excluding hydrogens is 366 g/mol. The summed E-state index contributed by atoms with van der Waals surface area (Å²) in [6.07, 6.45) is 1.60. The first-order valence-electron chi connectivity index (χ1n) is 8.72. The van der Waals surface area contributed by atoms with Crippen LogP contribution in [-0.2, 0) is 24.2 Å². The van der Waals surface area contributed by atoms with Crippen LogP contribution in [0.15, 0.2) is 29.1 Å². The molecule has 8 nitrogen and oxygen atoms in total. The van der Waals surface area contributed by atoms with Crippen molar-refractivity contribution in [2.24, 2.45) is 0 Å². The van der Waals surface area contributed by atoms with Crippen molar-refractivity contribution in [3.8, 4) is 0 Å². The number of hydrogen-bond donors (Lipinski definition) is 1. The fourth-order valence-electron chi connectivity index (χ4n) is 2.79. The number of benzene rings is 1. The first-order chi connectivity index (χ1) is 13.2. The summed E-state index contributed by atoms with van der Waals surface area (Å²) < 4.78 is 10.3. The zero-order valence-electron chi connectivity index (χ0n) is 15.3. The first-order valence-corrected chi connectivity index (χ1v) is 9.50. The second-order valence-electron chi connectivity index (χ2n) is 5.99. The van der Waals surface area contributed by atoms with E-state index >= 15 is 0 Å². The summed E-state index contributed by atoms with van der Waals surface area (Å²) in [6.45, 7) is 2.96. The van der Waals surface area contributed by atoms with Gasteiger partial charge >= 0.3 is 0 Å². The number of carbonyl (C=O) groups is 1. The van der Waals surface area contributed by atoms with Gasteiger partial charge in [0.15, 0.2) is 0 Å². The minimum atomic E-state index is -0.228.